The van der Waals surface area contributed by atoms with Gasteiger partial charge in [0.15, 0.2) is 6.61 Å². The molecule has 5 nitrogen and oxygen atoms in total. The van der Waals surface area contributed by atoms with E-state index in [4.69, 9.17) is 5.11 Å². The van der Waals surface area contributed by atoms with Crippen molar-refractivity contribution >= 4 is 11.9 Å². The maximum absolute atomic E-state index is 10.9. The molecule has 0 saturated heterocycles. The second kappa shape index (κ2) is 5.98. The Bertz CT molecular complexity index is 292. The van der Waals surface area contributed by atoms with Crippen molar-refractivity contribution in [3.05, 3.63) is 30.6 Å². The third-order valence-corrected chi connectivity index (χ3v) is 1.23. The molecule has 0 saturated carbocycles. The Hall–Kier alpha value is -1.62. The van der Waals surface area contributed by atoms with E-state index >= 15 is 0 Å². The fourth-order valence-corrected chi connectivity index (χ4v) is 0.474. The fraction of sp³-hybridized carbons (Fsp3) is 0.300. The van der Waals surface area contributed by atoms with Crippen LogP contribution in [0.15, 0.2) is 24.3 Å². The molecule has 0 aromatic rings. The van der Waals surface area contributed by atoms with Crippen LogP contribution in [-0.4, -0.2) is 23.7 Å². The van der Waals surface area contributed by atoms with Crippen molar-refractivity contribution in [2.75, 3.05) is 6.61 Å². The van der Waals surface area contributed by atoms with Crippen LogP contribution in [0.4, 0.5) is 0 Å². The van der Waals surface area contributed by atoms with Crippen molar-refractivity contribution in [2.24, 2.45) is 0 Å². The van der Waals surface area contributed by atoms with E-state index < -0.39 is 24.8 Å². The van der Waals surface area contributed by atoms with Gasteiger partial charge in [-0.25, -0.2) is 9.59 Å². The van der Waals surface area contributed by atoms with Gasteiger partial charge in [-0.15, -0.1) is 0 Å². The van der Waals surface area contributed by atoms with E-state index in [1.807, 2.05) is 0 Å². The van der Waals surface area contributed by atoms with Gasteiger partial charge in [0.25, 0.3) is 0 Å². The number of carbonyl (C=O) groups excluding carboxylic acids is 2. The van der Waals surface area contributed by atoms with Crippen LogP contribution in [0.2, 0.25) is 0 Å². The maximum atomic E-state index is 10.9. The number of rotatable bonds is 5. The minimum Gasteiger partial charge on any atom is -0.455 e. The van der Waals surface area contributed by atoms with E-state index in [1.54, 1.807) is 0 Å². The lowest BCUT2D eigenvalue weighted by molar-refractivity contribution is -0.155. The highest BCUT2D eigenvalue weighted by molar-refractivity contribution is 5.88. The third-order valence-electron chi connectivity index (χ3n) is 1.23. The van der Waals surface area contributed by atoms with E-state index in [0.29, 0.717) is 0 Å². The molecule has 0 aromatic heterocycles. The van der Waals surface area contributed by atoms with Crippen LogP contribution < -0.4 is 0 Å². The molecule has 0 unspecified atom stereocenters. The Kier molecular flexibility index (Phi) is 5.33. The molecule has 5 heteroatoms. The first-order valence-corrected chi connectivity index (χ1v) is 4.09. The molecule has 0 aromatic carbocycles. The summed E-state index contributed by atoms with van der Waals surface area (Å²) in [6.45, 7) is 9.02. The molecule has 0 amide bonds. The van der Waals surface area contributed by atoms with Gasteiger partial charge in [-0.05, 0) is 13.8 Å². The smallest absolute Gasteiger partial charge is 0.335 e. The number of esters is 2. The summed E-state index contributed by atoms with van der Waals surface area (Å²) < 4.78 is 8.88. The van der Waals surface area contributed by atoms with Gasteiger partial charge in [-0.1, -0.05) is 13.2 Å². The summed E-state index contributed by atoms with van der Waals surface area (Å²) in [5.74, 6) is -1.45. The van der Waals surface area contributed by atoms with E-state index in [9.17, 15) is 9.59 Å². The predicted octanol–water partition coefficient (Wildman–Crippen LogP) is 1.09. The van der Waals surface area contributed by atoms with Crippen LogP contribution >= 0.6 is 0 Å². The monoisotopic (exact) mass is 213 g/mol. The molecule has 0 heterocycles. The highest BCUT2D eigenvalue weighted by Crippen LogP contribution is 2.04. The van der Waals surface area contributed by atoms with Crippen molar-refractivity contribution in [3.63, 3.8) is 0 Å². The molecular weight excluding hydrogens is 200 g/mol. The first kappa shape index (κ1) is 13.4. The quantitative estimate of drug-likeness (QED) is 0.546. The number of carbonyl (C=O) groups is 2. The van der Waals surface area contributed by atoms with Crippen molar-refractivity contribution in [3.8, 4) is 0 Å². The summed E-state index contributed by atoms with van der Waals surface area (Å²) in [5.41, 5.74) is 0.321. The van der Waals surface area contributed by atoms with Crippen molar-refractivity contribution < 1.29 is 24.2 Å². The van der Waals surface area contributed by atoms with E-state index in [-0.39, 0.29) is 11.1 Å². The van der Waals surface area contributed by atoms with Crippen LogP contribution in [0.1, 0.15) is 13.8 Å². The molecule has 0 bridgehead atoms. The van der Waals surface area contributed by atoms with Gasteiger partial charge >= 0.3 is 18.2 Å². The van der Waals surface area contributed by atoms with Crippen LogP contribution in [0, 0.1) is 6.29 Å². The predicted molar refractivity (Wildman–Crippen MR) is 51.9 cm³/mol. The summed E-state index contributed by atoms with van der Waals surface area (Å²) in [7, 11) is 0. The third kappa shape index (κ3) is 5.64. The molecule has 1 radical (unpaired) electrons. The molecule has 83 valence electrons. The highest BCUT2D eigenvalue weighted by Gasteiger charge is 2.16. The van der Waals surface area contributed by atoms with Crippen LogP contribution in [0.25, 0.3) is 0 Å². The second-order valence-electron chi connectivity index (χ2n) is 2.92. The molecule has 1 N–H and O–H groups in total. The zero-order chi connectivity index (χ0) is 12.0. The molecule has 0 fully saturated rings. The number of ether oxygens (including phenoxy) is 2. The summed E-state index contributed by atoms with van der Waals surface area (Å²) >= 11 is 0. The van der Waals surface area contributed by atoms with Crippen molar-refractivity contribution in [1.82, 2.24) is 0 Å². The van der Waals surface area contributed by atoms with Crippen LogP contribution in [-0.2, 0) is 19.1 Å². The summed E-state index contributed by atoms with van der Waals surface area (Å²) in [6, 6.07) is 0. The summed E-state index contributed by atoms with van der Waals surface area (Å²) in [5, 5.41) is 9.02. The van der Waals surface area contributed by atoms with Crippen LogP contribution in [0.5, 0.6) is 0 Å². The lowest BCUT2D eigenvalue weighted by Crippen LogP contribution is -2.18. The number of aliphatic hydroxyl groups excluding tert-OH is 1. The Labute approximate surface area is 88.0 Å². The number of hydrogen-bond donors (Lipinski definition) is 1. The van der Waals surface area contributed by atoms with Gasteiger partial charge < -0.3 is 14.6 Å². The minimum absolute atomic E-state index is 0.132. The Morgan fingerprint density at radius 2 is 1.60 bits per heavy atom. The Balaban J connectivity index is 3.90. The number of aliphatic hydroxyl groups is 1. The van der Waals surface area contributed by atoms with E-state index in [2.05, 4.69) is 22.6 Å². The van der Waals surface area contributed by atoms with Crippen molar-refractivity contribution in [2.45, 2.75) is 13.8 Å². The Morgan fingerprint density at radius 1 is 1.13 bits per heavy atom. The SMILES string of the molecule is C=C(C)C(=O)OC[C](O)OC(=O)C(=C)C. The number of hydrogen-bond acceptors (Lipinski definition) is 5. The van der Waals surface area contributed by atoms with Gasteiger partial charge in [0.05, 0.1) is 0 Å². The molecule has 0 rings (SSSR count). The van der Waals surface area contributed by atoms with Gasteiger partial charge in [0.1, 0.15) is 0 Å². The summed E-state index contributed by atoms with van der Waals surface area (Å²) in [4.78, 5) is 21.7. The molecule has 15 heavy (non-hydrogen) atoms. The molecule has 0 spiro atoms. The first-order chi connectivity index (χ1) is 6.84. The lowest BCUT2D eigenvalue weighted by atomic mass is 10.3. The zero-order valence-electron chi connectivity index (χ0n) is 8.70. The zero-order valence-corrected chi connectivity index (χ0v) is 8.70. The lowest BCUT2D eigenvalue weighted by Gasteiger charge is -2.10. The topological polar surface area (TPSA) is 72.8 Å². The molecule has 0 aliphatic carbocycles. The summed E-state index contributed by atoms with van der Waals surface area (Å²) in [6.07, 6.45) is -0.697. The van der Waals surface area contributed by atoms with Crippen molar-refractivity contribution in [1.29, 1.82) is 0 Å². The maximum Gasteiger partial charge on any atom is 0.335 e. The first-order valence-electron chi connectivity index (χ1n) is 4.09. The van der Waals surface area contributed by atoms with E-state index in [0.717, 1.165) is 0 Å². The molecule has 0 atom stereocenters. The minimum atomic E-state index is -0.779. The molecular formula is C10H13O5. The highest BCUT2D eigenvalue weighted by atomic mass is 16.7. The average molecular weight is 213 g/mol. The van der Waals surface area contributed by atoms with Crippen LogP contribution in [0.3, 0.4) is 0 Å². The second-order valence-corrected chi connectivity index (χ2v) is 2.92. The largest absolute Gasteiger partial charge is 0.455 e. The van der Waals surface area contributed by atoms with Gasteiger partial charge in [-0.2, -0.15) is 0 Å². The van der Waals surface area contributed by atoms with Gasteiger partial charge in [0.2, 0.25) is 0 Å². The average Bonchev–Trinajstić information content (AvgIpc) is 2.13. The standard InChI is InChI=1S/C10H13O5/c1-6(2)9(12)14-5-8(11)15-10(13)7(3)4/h11H,1,3,5H2,2,4H3. The van der Waals surface area contributed by atoms with E-state index in [1.165, 1.54) is 13.8 Å². The molecule has 0 aliphatic heterocycles. The fourth-order valence-electron chi connectivity index (χ4n) is 0.474. The Morgan fingerprint density at radius 3 is 2.00 bits per heavy atom. The van der Waals surface area contributed by atoms with Gasteiger partial charge in [0, 0.05) is 11.1 Å². The molecule has 0 aliphatic rings. The normalized spacial score (nSPS) is 9.60. The van der Waals surface area contributed by atoms with Gasteiger partial charge in [-0.3, -0.25) is 0 Å².